The van der Waals surface area contributed by atoms with Gasteiger partial charge in [0, 0.05) is 18.2 Å². The fraction of sp³-hybridized carbons (Fsp3) is 0.417. The Morgan fingerprint density at radius 3 is 2.24 bits per heavy atom. The number of nitrogens with zero attached hydrogens (tertiary/aromatic N) is 1. The molecule has 0 spiro atoms. The molecule has 5 heteroatoms. The summed E-state index contributed by atoms with van der Waals surface area (Å²) >= 11 is 0. The van der Waals surface area contributed by atoms with E-state index in [0.717, 1.165) is 48.3 Å². The smallest absolute Gasteiger partial charge is 0.241 e. The minimum atomic E-state index is -0.220. The summed E-state index contributed by atoms with van der Waals surface area (Å²) in [5, 5.41) is 6.13. The van der Waals surface area contributed by atoms with Crippen molar-refractivity contribution in [2.75, 3.05) is 18.4 Å². The molecule has 2 aromatic rings. The van der Waals surface area contributed by atoms with Crippen molar-refractivity contribution in [2.45, 2.75) is 46.2 Å². The van der Waals surface area contributed by atoms with Crippen molar-refractivity contribution in [3.05, 3.63) is 65.2 Å². The predicted molar refractivity (Wildman–Crippen MR) is 117 cm³/mol. The SMILES string of the molecule is Cc1cccc(C)c1NC(=O)C(C)N1CCC(C(=O)NCc2ccccc2)CC1. The van der Waals surface area contributed by atoms with E-state index in [4.69, 9.17) is 0 Å². The van der Waals surface area contributed by atoms with Gasteiger partial charge in [-0.3, -0.25) is 14.5 Å². The highest BCUT2D eigenvalue weighted by molar-refractivity contribution is 5.95. The summed E-state index contributed by atoms with van der Waals surface area (Å²) in [6.07, 6.45) is 1.56. The largest absolute Gasteiger partial charge is 0.352 e. The summed E-state index contributed by atoms with van der Waals surface area (Å²) in [5.41, 5.74) is 4.15. The second-order valence-electron chi connectivity index (χ2n) is 7.95. The first-order valence-electron chi connectivity index (χ1n) is 10.4. The number of amides is 2. The Bertz CT molecular complexity index is 822. The van der Waals surface area contributed by atoms with Crippen molar-refractivity contribution >= 4 is 17.5 Å². The minimum Gasteiger partial charge on any atom is -0.352 e. The number of carbonyl (C=O) groups is 2. The maximum Gasteiger partial charge on any atom is 0.241 e. The van der Waals surface area contributed by atoms with Gasteiger partial charge in [-0.15, -0.1) is 0 Å². The van der Waals surface area contributed by atoms with Crippen LogP contribution in [0.4, 0.5) is 5.69 Å². The number of likely N-dealkylation sites (tertiary alicyclic amines) is 1. The van der Waals surface area contributed by atoms with Crippen molar-refractivity contribution in [1.29, 1.82) is 0 Å². The first kappa shape index (κ1) is 21.1. The van der Waals surface area contributed by atoms with Gasteiger partial charge in [-0.1, -0.05) is 48.5 Å². The van der Waals surface area contributed by atoms with Crippen LogP contribution in [0.15, 0.2) is 48.5 Å². The van der Waals surface area contributed by atoms with Gasteiger partial charge in [-0.2, -0.15) is 0 Å². The van der Waals surface area contributed by atoms with E-state index in [-0.39, 0.29) is 23.8 Å². The normalized spacial score (nSPS) is 16.2. The summed E-state index contributed by atoms with van der Waals surface area (Å²) in [5.74, 6) is 0.138. The molecule has 1 aliphatic heterocycles. The molecule has 2 N–H and O–H groups in total. The molecular weight excluding hydrogens is 362 g/mol. The van der Waals surface area contributed by atoms with E-state index in [1.807, 2.05) is 69.3 Å². The molecule has 0 aromatic heterocycles. The summed E-state index contributed by atoms with van der Waals surface area (Å²) in [6.45, 7) is 8.03. The van der Waals surface area contributed by atoms with Crippen molar-refractivity contribution in [3.8, 4) is 0 Å². The highest BCUT2D eigenvalue weighted by Gasteiger charge is 2.29. The third-order valence-electron chi connectivity index (χ3n) is 5.87. The lowest BCUT2D eigenvalue weighted by Gasteiger charge is -2.35. The highest BCUT2D eigenvalue weighted by Crippen LogP contribution is 2.22. The Morgan fingerprint density at radius 2 is 1.62 bits per heavy atom. The van der Waals surface area contributed by atoms with Crippen molar-refractivity contribution in [3.63, 3.8) is 0 Å². The van der Waals surface area contributed by atoms with Crippen molar-refractivity contribution in [2.24, 2.45) is 5.92 Å². The molecule has 1 fully saturated rings. The molecule has 1 aliphatic rings. The molecule has 0 saturated carbocycles. The summed E-state index contributed by atoms with van der Waals surface area (Å²) < 4.78 is 0. The average Bonchev–Trinajstić information content (AvgIpc) is 2.75. The molecule has 1 atom stereocenters. The van der Waals surface area contributed by atoms with Crippen molar-refractivity contribution < 1.29 is 9.59 Å². The number of aryl methyl sites for hydroxylation is 2. The molecule has 154 valence electrons. The number of piperidine rings is 1. The molecule has 1 saturated heterocycles. The summed E-state index contributed by atoms with van der Waals surface area (Å²) in [7, 11) is 0. The lowest BCUT2D eigenvalue weighted by atomic mass is 9.94. The monoisotopic (exact) mass is 393 g/mol. The van der Waals surface area contributed by atoms with Crippen LogP contribution in [0.3, 0.4) is 0 Å². The number of rotatable bonds is 6. The number of anilines is 1. The Balaban J connectivity index is 1.48. The molecule has 5 nitrogen and oxygen atoms in total. The van der Waals surface area contributed by atoms with Crippen LogP contribution in [0.5, 0.6) is 0 Å². The second kappa shape index (κ2) is 9.70. The van der Waals surface area contributed by atoms with Crippen LogP contribution < -0.4 is 10.6 Å². The summed E-state index contributed by atoms with van der Waals surface area (Å²) in [6, 6.07) is 15.7. The number of hydrogen-bond acceptors (Lipinski definition) is 3. The van der Waals surface area contributed by atoms with E-state index < -0.39 is 0 Å². The number of nitrogens with one attached hydrogen (secondary N) is 2. The molecule has 2 amide bonds. The number of para-hydroxylation sites is 1. The fourth-order valence-corrected chi connectivity index (χ4v) is 3.88. The van der Waals surface area contributed by atoms with Crippen LogP contribution in [0.25, 0.3) is 0 Å². The van der Waals surface area contributed by atoms with Gasteiger partial charge in [0.2, 0.25) is 11.8 Å². The zero-order valence-electron chi connectivity index (χ0n) is 17.6. The summed E-state index contributed by atoms with van der Waals surface area (Å²) in [4.78, 5) is 27.4. The average molecular weight is 394 g/mol. The standard InChI is InChI=1S/C24H31N3O2/c1-17-8-7-9-18(2)22(17)26-23(28)19(3)27-14-12-21(13-15-27)24(29)25-16-20-10-5-4-6-11-20/h4-11,19,21H,12-16H2,1-3H3,(H,25,29)(H,26,28). The third-order valence-corrected chi connectivity index (χ3v) is 5.87. The van der Waals surface area contributed by atoms with Gasteiger partial charge >= 0.3 is 0 Å². The fourth-order valence-electron chi connectivity index (χ4n) is 3.88. The second-order valence-corrected chi connectivity index (χ2v) is 7.95. The van der Waals surface area contributed by atoms with E-state index in [1.54, 1.807) is 0 Å². The predicted octanol–water partition coefficient (Wildman–Crippen LogP) is 3.66. The number of carbonyl (C=O) groups excluding carboxylic acids is 2. The van der Waals surface area contributed by atoms with Gasteiger partial charge in [-0.25, -0.2) is 0 Å². The Morgan fingerprint density at radius 1 is 1.00 bits per heavy atom. The third kappa shape index (κ3) is 5.45. The van der Waals surface area contributed by atoms with Crippen LogP contribution in [-0.4, -0.2) is 35.8 Å². The molecule has 0 bridgehead atoms. The van der Waals surface area contributed by atoms with Crippen molar-refractivity contribution in [1.82, 2.24) is 10.2 Å². The Kier molecular flexibility index (Phi) is 7.04. The van der Waals surface area contributed by atoms with E-state index in [2.05, 4.69) is 15.5 Å². The Hall–Kier alpha value is -2.66. The van der Waals surface area contributed by atoms with Crippen LogP contribution in [-0.2, 0) is 16.1 Å². The van der Waals surface area contributed by atoms with Gasteiger partial charge in [0.1, 0.15) is 0 Å². The number of hydrogen-bond donors (Lipinski definition) is 2. The molecule has 2 aromatic carbocycles. The van der Waals surface area contributed by atoms with Crippen LogP contribution in [0.2, 0.25) is 0 Å². The molecule has 1 unspecified atom stereocenters. The van der Waals surface area contributed by atoms with Crippen LogP contribution in [0, 0.1) is 19.8 Å². The highest BCUT2D eigenvalue weighted by atomic mass is 16.2. The van der Waals surface area contributed by atoms with E-state index in [9.17, 15) is 9.59 Å². The van der Waals surface area contributed by atoms with Gasteiger partial charge in [0.25, 0.3) is 0 Å². The van der Waals surface area contributed by atoms with Gasteiger partial charge in [-0.05, 0) is 63.4 Å². The Labute approximate surface area is 173 Å². The first-order valence-corrected chi connectivity index (χ1v) is 10.4. The maximum absolute atomic E-state index is 12.8. The number of benzene rings is 2. The quantitative estimate of drug-likeness (QED) is 0.787. The molecule has 3 rings (SSSR count). The molecule has 29 heavy (non-hydrogen) atoms. The van der Waals surface area contributed by atoms with Crippen LogP contribution in [0.1, 0.15) is 36.5 Å². The molecule has 0 radical (unpaired) electrons. The van der Waals surface area contributed by atoms with E-state index >= 15 is 0 Å². The minimum absolute atomic E-state index is 0.00868. The first-order chi connectivity index (χ1) is 14.0. The molecular formula is C24H31N3O2. The zero-order chi connectivity index (χ0) is 20.8. The van der Waals surface area contributed by atoms with Gasteiger partial charge < -0.3 is 10.6 Å². The van der Waals surface area contributed by atoms with Gasteiger partial charge in [0.05, 0.1) is 6.04 Å². The lowest BCUT2D eigenvalue weighted by molar-refractivity contribution is -0.127. The zero-order valence-corrected chi connectivity index (χ0v) is 17.6. The lowest BCUT2D eigenvalue weighted by Crippen LogP contribution is -2.48. The topological polar surface area (TPSA) is 61.4 Å². The maximum atomic E-state index is 12.8. The van der Waals surface area contributed by atoms with Gasteiger partial charge in [0.15, 0.2) is 0 Å². The van der Waals surface area contributed by atoms with Crippen LogP contribution >= 0.6 is 0 Å². The van der Waals surface area contributed by atoms with E-state index in [1.165, 1.54) is 0 Å². The molecule has 1 heterocycles. The van der Waals surface area contributed by atoms with E-state index in [0.29, 0.717) is 6.54 Å². The molecule has 0 aliphatic carbocycles.